The Balaban J connectivity index is 1.88. The van der Waals surface area contributed by atoms with Crippen molar-refractivity contribution in [2.75, 3.05) is 10.6 Å². The minimum atomic E-state index is -4.42. The van der Waals surface area contributed by atoms with Crippen LogP contribution in [0.25, 0.3) is 0 Å². The van der Waals surface area contributed by atoms with E-state index in [0.717, 1.165) is 18.9 Å². The number of alkyl halides is 3. The van der Waals surface area contributed by atoms with Gasteiger partial charge >= 0.3 is 6.18 Å². The number of benzene rings is 1. The lowest BCUT2D eigenvalue weighted by Gasteiger charge is -2.14. The van der Waals surface area contributed by atoms with E-state index in [9.17, 15) is 13.2 Å². The Labute approximate surface area is 125 Å². The van der Waals surface area contributed by atoms with Gasteiger partial charge in [0.1, 0.15) is 5.82 Å². The molecule has 116 valence electrons. The van der Waals surface area contributed by atoms with E-state index in [1.807, 2.05) is 0 Å². The van der Waals surface area contributed by atoms with Crippen LogP contribution in [-0.4, -0.2) is 16.0 Å². The monoisotopic (exact) mass is 308 g/mol. The molecule has 2 N–H and O–H groups in total. The quantitative estimate of drug-likeness (QED) is 0.892. The van der Waals surface area contributed by atoms with E-state index in [1.54, 1.807) is 19.1 Å². The van der Waals surface area contributed by atoms with E-state index in [0.29, 0.717) is 23.5 Å². The normalized spacial score (nSPS) is 14.7. The SMILES string of the molecule is Cc1cc(Nc2ccccc2C(F)(F)F)nc(NC2CC2)n1. The third kappa shape index (κ3) is 3.47. The second-order valence-electron chi connectivity index (χ2n) is 5.31. The Morgan fingerprint density at radius 2 is 1.86 bits per heavy atom. The van der Waals surface area contributed by atoms with Crippen molar-refractivity contribution in [1.82, 2.24) is 9.97 Å². The Bertz CT molecular complexity index is 681. The predicted octanol–water partition coefficient (Wildman–Crippen LogP) is 4.12. The second-order valence-corrected chi connectivity index (χ2v) is 5.31. The van der Waals surface area contributed by atoms with Crippen molar-refractivity contribution in [3.63, 3.8) is 0 Å². The summed E-state index contributed by atoms with van der Waals surface area (Å²) >= 11 is 0. The van der Waals surface area contributed by atoms with Crippen LogP contribution in [0.15, 0.2) is 30.3 Å². The van der Waals surface area contributed by atoms with Crippen LogP contribution in [0.2, 0.25) is 0 Å². The largest absolute Gasteiger partial charge is 0.418 e. The van der Waals surface area contributed by atoms with Gasteiger partial charge in [-0.05, 0) is 31.9 Å². The van der Waals surface area contributed by atoms with Crippen LogP contribution in [0.4, 0.5) is 30.6 Å². The molecule has 0 radical (unpaired) electrons. The highest BCUT2D eigenvalue weighted by Crippen LogP contribution is 2.35. The fourth-order valence-electron chi connectivity index (χ4n) is 2.08. The predicted molar refractivity (Wildman–Crippen MR) is 78.1 cm³/mol. The Morgan fingerprint density at radius 1 is 1.14 bits per heavy atom. The molecule has 0 saturated heterocycles. The number of halogens is 3. The van der Waals surface area contributed by atoms with Crippen molar-refractivity contribution >= 4 is 17.5 Å². The molecule has 1 fully saturated rings. The molecule has 1 aromatic heterocycles. The van der Waals surface area contributed by atoms with Gasteiger partial charge in [-0.15, -0.1) is 0 Å². The van der Waals surface area contributed by atoms with Gasteiger partial charge in [0, 0.05) is 17.8 Å². The number of rotatable bonds is 4. The first-order valence-electron chi connectivity index (χ1n) is 6.97. The van der Waals surface area contributed by atoms with Gasteiger partial charge in [-0.2, -0.15) is 18.2 Å². The fourth-order valence-corrected chi connectivity index (χ4v) is 2.08. The van der Waals surface area contributed by atoms with Crippen molar-refractivity contribution in [1.29, 1.82) is 0 Å². The lowest BCUT2D eigenvalue weighted by Crippen LogP contribution is -2.11. The maximum atomic E-state index is 13.0. The average Bonchev–Trinajstić information content (AvgIpc) is 3.21. The number of aromatic nitrogens is 2. The molecule has 4 nitrogen and oxygen atoms in total. The van der Waals surface area contributed by atoms with Gasteiger partial charge in [-0.1, -0.05) is 12.1 Å². The minimum absolute atomic E-state index is 0.0227. The van der Waals surface area contributed by atoms with Gasteiger partial charge in [0.2, 0.25) is 5.95 Å². The van der Waals surface area contributed by atoms with Gasteiger partial charge in [0.05, 0.1) is 11.3 Å². The van der Waals surface area contributed by atoms with Gasteiger partial charge in [0.25, 0.3) is 0 Å². The summed E-state index contributed by atoms with van der Waals surface area (Å²) in [6.45, 7) is 1.78. The molecule has 7 heteroatoms. The molecular weight excluding hydrogens is 293 g/mol. The number of para-hydroxylation sites is 1. The standard InChI is InChI=1S/C15H15F3N4/c1-9-8-13(22-14(19-9)20-10-6-7-10)21-12-5-3-2-4-11(12)15(16,17)18/h2-5,8,10H,6-7H2,1H3,(H2,19,20,21,22). The Hall–Kier alpha value is -2.31. The smallest absolute Gasteiger partial charge is 0.351 e. The van der Waals surface area contributed by atoms with Gasteiger partial charge in [-0.25, -0.2) is 4.98 Å². The molecule has 1 aromatic carbocycles. The molecule has 22 heavy (non-hydrogen) atoms. The van der Waals surface area contributed by atoms with Crippen molar-refractivity contribution in [3.8, 4) is 0 Å². The minimum Gasteiger partial charge on any atom is -0.351 e. The molecule has 0 spiro atoms. The van der Waals surface area contributed by atoms with Crippen LogP contribution < -0.4 is 10.6 Å². The molecule has 1 saturated carbocycles. The summed E-state index contributed by atoms with van der Waals surface area (Å²) in [6, 6.07) is 7.32. The highest BCUT2D eigenvalue weighted by atomic mass is 19.4. The molecule has 1 aliphatic rings. The lowest BCUT2D eigenvalue weighted by atomic mass is 10.1. The molecule has 0 aliphatic heterocycles. The summed E-state index contributed by atoms with van der Waals surface area (Å²) in [4.78, 5) is 8.47. The number of hydrogen-bond acceptors (Lipinski definition) is 4. The van der Waals surface area contributed by atoms with Crippen LogP contribution in [0, 0.1) is 6.92 Å². The van der Waals surface area contributed by atoms with Gasteiger partial charge < -0.3 is 10.6 Å². The fraction of sp³-hybridized carbons (Fsp3) is 0.333. The number of hydrogen-bond donors (Lipinski definition) is 2. The Morgan fingerprint density at radius 3 is 2.55 bits per heavy atom. The molecule has 0 atom stereocenters. The van der Waals surface area contributed by atoms with Crippen LogP contribution >= 0.6 is 0 Å². The molecular formula is C15H15F3N4. The average molecular weight is 308 g/mol. The van der Waals surface area contributed by atoms with Crippen molar-refractivity contribution in [3.05, 3.63) is 41.6 Å². The van der Waals surface area contributed by atoms with Gasteiger partial charge in [-0.3, -0.25) is 0 Å². The maximum absolute atomic E-state index is 13.0. The number of nitrogens with one attached hydrogen (secondary N) is 2. The van der Waals surface area contributed by atoms with Crippen LogP contribution in [0.5, 0.6) is 0 Å². The molecule has 2 aromatic rings. The molecule has 1 aliphatic carbocycles. The summed E-state index contributed by atoms with van der Waals surface area (Å²) in [5.41, 5.74) is -0.0569. The van der Waals surface area contributed by atoms with E-state index in [-0.39, 0.29) is 5.69 Å². The summed E-state index contributed by atoms with van der Waals surface area (Å²) in [5.74, 6) is 0.779. The first kappa shape index (κ1) is 14.6. The zero-order valence-electron chi connectivity index (χ0n) is 11.9. The summed E-state index contributed by atoms with van der Waals surface area (Å²) in [5, 5.41) is 5.89. The van der Waals surface area contributed by atoms with Crippen LogP contribution in [-0.2, 0) is 6.18 Å². The zero-order chi connectivity index (χ0) is 15.7. The summed E-state index contributed by atoms with van der Waals surface area (Å²) in [6.07, 6.45) is -2.28. The van der Waals surface area contributed by atoms with E-state index in [1.165, 1.54) is 12.1 Å². The zero-order valence-corrected chi connectivity index (χ0v) is 11.9. The topological polar surface area (TPSA) is 49.8 Å². The number of aryl methyl sites for hydroxylation is 1. The summed E-state index contributed by atoms with van der Waals surface area (Å²) < 4.78 is 39.0. The summed E-state index contributed by atoms with van der Waals surface area (Å²) in [7, 11) is 0. The third-order valence-corrected chi connectivity index (χ3v) is 3.26. The lowest BCUT2D eigenvalue weighted by molar-refractivity contribution is -0.136. The van der Waals surface area contributed by atoms with Gasteiger partial charge in [0.15, 0.2) is 0 Å². The third-order valence-electron chi connectivity index (χ3n) is 3.26. The highest BCUT2D eigenvalue weighted by Gasteiger charge is 2.33. The van der Waals surface area contributed by atoms with Crippen molar-refractivity contribution < 1.29 is 13.2 Å². The highest BCUT2D eigenvalue weighted by molar-refractivity contribution is 5.62. The molecule has 0 bridgehead atoms. The molecule has 3 rings (SSSR count). The Kier molecular flexibility index (Phi) is 3.64. The van der Waals surface area contributed by atoms with E-state index in [2.05, 4.69) is 20.6 Å². The van der Waals surface area contributed by atoms with Crippen LogP contribution in [0.3, 0.4) is 0 Å². The molecule has 0 amide bonds. The second kappa shape index (κ2) is 5.47. The molecule has 1 heterocycles. The van der Waals surface area contributed by atoms with E-state index < -0.39 is 11.7 Å². The van der Waals surface area contributed by atoms with E-state index in [4.69, 9.17) is 0 Å². The molecule has 0 unspecified atom stereocenters. The number of nitrogens with zero attached hydrogens (tertiary/aromatic N) is 2. The van der Waals surface area contributed by atoms with Crippen LogP contribution in [0.1, 0.15) is 24.1 Å². The first-order chi connectivity index (χ1) is 10.4. The van der Waals surface area contributed by atoms with Crippen molar-refractivity contribution in [2.45, 2.75) is 32.0 Å². The number of anilines is 3. The first-order valence-corrected chi connectivity index (χ1v) is 6.97. The van der Waals surface area contributed by atoms with E-state index >= 15 is 0 Å². The van der Waals surface area contributed by atoms with Crippen molar-refractivity contribution in [2.24, 2.45) is 0 Å². The maximum Gasteiger partial charge on any atom is 0.418 e.